The Morgan fingerprint density at radius 1 is 0.926 bits per heavy atom. The second kappa shape index (κ2) is 6.16. The molecule has 0 N–H and O–H groups in total. The van der Waals surface area contributed by atoms with E-state index in [1.54, 1.807) is 12.1 Å². The Balaban J connectivity index is 1.59. The Hall–Kier alpha value is -2.21. The number of carbonyl (C=O) groups excluding carboxylic acids is 2. The first-order valence-corrected chi connectivity index (χ1v) is 9.68. The van der Waals surface area contributed by atoms with Gasteiger partial charge in [-0.2, -0.15) is 0 Å². The molecule has 0 radical (unpaired) electrons. The van der Waals surface area contributed by atoms with E-state index in [-0.39, 0.29) is 23.8 Å². The van der Waals surface area contributed by atoms with Crippen molar-refractivity contribution >= 4 is 29.1 Å². The Kier molecular flexibility index (Phi) is 3.86. The number of hydrogen-bond acceptors (Lipinski definition) is 4. The molecule has 138 valence electrons. The number of carbonyl (C=O) groups is 2. The monoisotopic (exact) mass is 381 g/mol. The van der Waals surface area contributed by atoms with Crippen LogP contribution < -0.4 is 4.90 Å². The van der Waals surface area contributed by atoms with Gasteiger partial charge in [-0.3, -0.25) is 9.59 Å². The number of hydrogen-bond donors (Lipinski definition) is 0. The van der Waals surface area contributed by atoms with Gasteiger partial charge in [0.1, 0.15) is 6.04 Å². The van der Waals surface area contributed by atoms with Crippen molar-refractivity contribution < 1.29 is 9.59 Å². The normalized spacial score (nSPS) is 28.1. The molecule has 3 heterocycles. The standard InChI is InChI=1S/C21H20ClN3O2/c1-13-8-9-15(12-16(13)22)25-20(26)17-18(14-6-3-2-4-7-14)23-10-5-11-24(23)19(17)21(25)27/h2-4,6-9,12,17-19H,5,10-11H2,1H3/t17-,18-,19-/m1/s1. The van der Waals surface area contributed by atoms with Crippen molar-refractivity contribution in [2.45, 2.75) is 25.4 Å². The Morgan fingerprint density at radius 3 is 2.33 bits per heavy atom. The molecule has 3 saturated heterocycles. The summed E-state index contributed by atoms with van der Waals surface area (Å²) < 4.78 is 0. The van der Waals surface area contributed by atoms with Crippen LogP contribution in [0.25, 0.3) is 0 Å². The van der Waals surface area contributed by atoms with Crippen molar-refractivity contribution in [3.05, 3.63) is 64.7 Å². The number of fused-ring (bicyclic) bond motifs is 3. The molecule has 0 spiro atoms. The summed E-state index contributed by atoms with van der Waals surface area (Å²) in [6.45, 7) is 3.59. The molecule has 2 amide bonds. The van der Waals surface area contributed by atoms with Gasteiger partial charge in [-0.15, -0.1) is 0 Å². The number of aryl methyl sites for hydroxylation is 1. The van der Waals surface area contributed by atoms with Gasteiger partial charge in [0.25, 0.3) is 5.91 Å². The Bertz CT molecular complexity index is 932. The first-order valence-electron chi connectivity index (χ1n) is 9.30. The topological polar surface area (TPSA) is 43.9 Å². The lowest BCUT2D eigenvalue weighted by molar-refractivity contribution is -0.126. The lowest BCUT2D eigenvalue weighted by Gasteiger charge is -2.29. The molecule has 3 fully saturated rings. The molecule has 6 heteroatoms. The van der Waals surface area contributed by atoms with Crippen molar-refractivity contribution in [2.75, 3.05) is 18.0 Å². The summed E-state index contributed by atoms with van der Waals surface area (Å²) in [5, 5.41) is 4.89. The number of halogens is 1. The summed E-state index contributed by atoms with van der Waals surface area (Å²) in [7, 11) is 0. The van der Waals surface area contributed by atoms with E-state index in [4.69, 9.17) is 11.6 Å². The lowest BCUT2D eigenvalue weighted by Crippen LogP contribution is -2.44. The van der Waals surface area contributed by atoms with E-state index < -0.39 is 6.04 Å². The number of imide groups is 1. The zero-order chi connectivity index (χ0) is 18.7. The minimum Gasteiger partial charge on any atom is -0.274 e. The third-order valence-electron chi connectivity index (χ3n) is 5.96. The van der Waals surface area contributed by atoms with Crippen molar-refractivity contribution in [1.29, 1.82) is 0 Å². The van der Waals surface area contributed by atoms with Crippen molar-refractivity contribution in [3.63, 3.8) is 0 Å². The predicted molar refractivity (Wildman–Crippen MR) is 103 cm³/mol. The van der Waals surface area contributed by atoms with Crippen molar-refractivity contribution in [3.8, 4) is 0 Å². The second-order valence-electron chi connectivity index (χ2n) is 7.45. The van der Waals surface area contributed by atoms with Gasteiger partial charge >= 0.3 is 0 Å². The summed E-state index contributed by atoms with van der Waals surface area (Å²) in [6.07, 6.45) is 1.00. The van der Waals surface area contributed by atoms with E-state index in [0.29, 0.717) is 10.7 Å². The van der Waals surface area contributed by atoms with Crippen molar-refractivity contribution in [1.82, 2.24) is 10.0 Å². The fourth-order valence-electron chi connectivity index (χ4n) is 4.74. The number of anilines is 1. The highest BCUT2D eigenvalue weighted by molar-refractivity contribution is 6.32. The highest BCUT2D eigenvalue weighted by Crippen LogP contribution is 2.49. The van der Waals surface area contributed by atoms with E-state index in [2.05, 4.69) is 10.0 Å². The van der Waals surface area contributed by atoms with Gasteiger partial charge in [0.05, 0.1) is 17.6 Å². The van der Waals surface area contributed by atoms with Gasteiger partial charge in [0.15, 0.2) is 0 Å². The first-order chi connectivity index (χ1) is 13.1. The van der Waals surface area contributed by atoms with E-state index in [0.717, 1.165) is 30.6 Å². The molecule has 0 unspecified atom stereocenters. The van der Waals surface area contributed by atoms with E-state index in [1.165, 1.54) is 4.90 Å². The third-order valence-corrected chi connectivity index (χ3v) is 6.37. The van der Waals surface area contributed by atoms with E-state index >= 15 is 0 Å². The van der Waals surface area contributed by atoms with Crippen LogP contribution in [0.5, 0.6) is 0 Å². The molecule has 2 aromatic carbocycles. The van der Waals surface area contributed by atoms with Crippen LogP contribution in [0.2, 0.25) is 5.02 Å². The molecule has 5 nitrogen and oxygen atoms in total. The molecule has 0 bridgehead atoms. The minimum atomic E-state index is -0.426. The number of benzene rings is 2. The fraction of sp³-hybridized carbons (Fsp3) is 0.333. The van der Waals surface area contributed by atoms with E-state index in [1.807, 2.05) is 43.3 Å². The number of hydrazine groups is 1. The number of amides is 2. The average Bonchev–Trinajstić information content (AvgIpc) is 3.31. The van der Waals surface area contributed by atoms with Gasteiger partial charge in [-0.25, -0.2) is 14.9 Å². The van der Waals surface area contributed by atoms with Gasteiger partial charge in [-0.05, 0) is 36.6 Å². The van der Waals surface area contributed by atoms with Crippen LogP contribution in [-0.4, -0.2) is 41.0 Å². The summed E-state index contributed by atoms with van der Waals surface area (Å²) >= 11 is 6.25. The van der Waals surface area contributed by atoms with Crippen molar-refractivity contribution in [2.24, 2.45) is 5.92 Å². The quantitative estimate of drug-likeness (QED) is 0.749. The largest absolute Gasteiger partial charge is 0.274 e. The molecule has 2 aromatic rings. The highest BCUT2D eigenvalue weighted by Gasteiger charge is 2.62. The molecule has 3 atom stereocenters. The molecule has 0 aromatic heterocycles. The van der Waals surface area contributed by atoms with Crippen LogP contribution in [0.1, 0.15) is 23.6 Å². The molecule has 3 aliphatic heterocycles. The van der Waals surface area contributed by atoms with Gasteiger partial charge < -0.3 is 0 Å². The lowest BCUT2D eigenvalue weighted by atomic mass is 9.90. The summed E-state index contributed by atoms with van der Waals surface area (Å²) in [6, 6.07) is 14.9. The van der Waals surface area contributed by atoms with Crippen LogP contribution in [-0.2, 0) is 9.59 Å². The third kappa shape index (κ3) is 2.39. The van der Waals surface area contributed by atoms with Crippen LogP contribution in [0, 0.1) is 12.8 Å². The van der Waals surface area contributed by atoms with Crippen LogP contribution in [0.15, 0.2) is 48.5 Å². The van der Waals surface area contributed by atoms with Crippen LogP contribution in [0.4, 0.5) is 5.69 Å². The molecule has 5 rings (SSSR count). The van der Waals surface area contributed by atoms with Gasteiger partial charge in [0.2, 0.25) is 5.91 Å². The fourth-order valence-corrected chi connectivity index (χ4v) is 4.91. The molecular formula is C21H20ClN3O2. The maximum absolute atomic E-state index is 13.4. The SMILES string of the molecule is Cc1ccc(N2C(=O)[C@@H]3[C@@H](c4ccccc4)N4CCCN4[C@H]3C2=O)cc1Cl. The number of rotatable bonds is 2. The van der Waals surface area contributed by atoms with Crippen LogP contribution >= 0.6 is 11.6 Å². The first kappa shape index (κ1) is 16.9. The minimum absolute atomic E-state index is 0.0962. The summed E-state index contributed by atoms with van der Waals surface area (Å²) in [5.74, 6) is -0.663. The smallest absolute Gasteiger partial charge is 0.253 e. The molecular weight excluding hydrogens is 362 g/mol. The van der Waals surface area contributed by atoms with E-state index in [9.17, 15) is 9.59 Å². The summed E-state index contributed by atoms with van der Waals surface area (Å²) in [4.78, 5) is 28.1. The Morgan fingerprint density at radius 2 is 1.63 bits per heavy atom. The zero-order valence-corrected chi connectivity index (χ0v) is 15.8. The Labute approximate surface area is 163 Å². The van der Waals surface area contributed by atoms with Crippen LogP contribution in [0.3, 0.4) is 0 Å². The molecule has 0 aliphatic carbocycles. The predicted octanol–water partition coefficient (Wildman–Crippen LogP) is 3.18. The average molecular weight is 382 g/mol. The maximum Gasteiger partial charge on any atom is 0.253 e. The molecule has 27 heavy (non-hydrogen) atoms. The number of nitrogens with zero attached hydrogens (tertiary/aromatic N) is 3. The summed E-state index contributed by atoms with van der Waals surface area (Å²) in [5.41, 5.74) is 2.57. The highest BCUT2D eigenvalue weighted by atomic mass is 35.5. The molecule has 3 aliphatic rings. The van der Waals surface area contributed by atoms with Gasteiger partial charge in [-0.1, -0.05) is 48.0 Å². The zero-order valence-electron chi connectivity index (χ0n) is 15.0. The molecule has 0 saturated carbocycles. The second-order valence-corrected chi connectivity index (χ2v) is 7.86. The van der Waals surface area contributed by atoms with Gasteiger partial charge in [0, 0.05) is 18.1 Å². The maximum atomic E-state index is 13.4.